The van der Waals surface area contributed by atoms with Gasteiger partial charge in [-0.05, 0) is 36.2 Å². The van der Waals surface area contributed by atoms with E-state index in [-0.39, 0.29) is 11.4 Å². The Balaban J connectivity index is 1.64. The van der Waals surface area contributed by atoms with Crippen LogP contribution in [0.2, 0.25) is 0 Å². The highest BCUT2D eigenvalue weighted by atomic mass is 16.4. The van der Waals surface area contributed by atoms with Gasteiger partial charge in [0.05, 0.1) is 0 Å². The molecular weight excluding hydrogens is 456 g/mol. The predicted molar refractivity (Wildman–Crippen MR) is 138 cm³/mol. The van der Waals surface area contributed by atoms with Crippen LogP contribution in [-0.2, 0) is 11.8 Å². The summed E-state index contributed by atoms with van der Waals surface area (Å²) in [4.78, 5) is 41.3. The maximum absolute atomic E-state index is 13.4. The molecule has 0 fully saturated rings. The van der Waals surface area contributed by atoms with E-state index in [0.29, 0.717) is 0 Å². The molecule has 3 N–H and O–H groups in total. The van der Waals surface area contributed by atoms with E-state index in [4.69, 9.17) is 0 Å². The SMILES string of the molecule is Cc1c(-c2ccc(NC(=O)[C@@H](NC(=O)O)C(c3ccccc3)c3ccccc3)nc2)ccc(=O)n1C. The van der Waals surface area contributed by atoms with Crippen LogP contribution in [0.4, 0.5) is 10.6 Å². The van der Waals surface area contributed by atoms with Crippen molar-refractivity contribution in [2.45, 2.75) is 18.9 Å². The summed E-state index contributed by atoms with van der Waals surface area (Å²) in [5, 5.41) is 14.7. The lowest BCUT2D eigenvalue weighted by Gasteiger charge is -2.27. The molecule has 36 heavy (non-hydrogen) atoms. The van der Waals surface area contributed by atoms with Crippen molar-refractivity contribution in [1.29, 1.82) is 0 Å². The number of rotatable bonds is 7. The van der Waals surface area contributed by atoms with Crippen LogP contribution in [0.3, 0.4) is 0 Å². The summed E-state index contributed by atoms with van der Waals surface area (Å²) in [5.74, 6) is -0.812. The molecule has 0 saturated heterocycles. The van der Waals surface area contributed by atoms with E-state index in [2.05, 4.69) is 15.6 Å². The van der Waals surface area contributed by atoms with Crippen LogP contribution in [0, 0.1) is 6.92 Å². The Hall–Kier alpha value is -4.72. The zero-order chi connectivity index (χ0) is 25.7. The first-order chi connectivity index (χ1) is 17.3. The van der Waals surface area contributed by atoms with Crippen molar-refractivity contribution in [3.05, 3.63) is 118 Å². The number of benzene rings is 2. The molecule has 0 saturated carbocycles. The number of carboxylic acid groups (broad SMARTS) is 1. The number of hydrogen-bond donors (Lipinski definition) is 3. The van der Waals surface area contributed by atoms with Gasteiger partial charge in [-0.25, -0.2) is 9.78 Å². The standard InChI is InChI=1S/C28H26N4O4/c1-18-22(14-16-24(33)32(18)2)21-13-15-23(29-17-21)30-27(34)26(31-28(35)36)25(19-9-5-3-6-10-19)20-11-7-4-8-12-20/h3-17,25-26,31H,1-2H3,(H,35,36)(H,29,30,34)/t26-/m0/s1. The van der Waals surface area contributed by atoms with Crippen LogP contribution in [0.1, 0.15) is 22.7 Å². The van der Waals surface area contributed by atoms with Crippen molar-refractivity contribution in [1.82, 2.24) is 14.9 Å². The van der Waals surface area contributed by atoms with Gasteiger partial charge in [-0.2, -0.15) is 0 Å². The fraction of sp³-hybridized carbons (Fsp3) is 0.143. The average Bonchev–Trinajstić information content (AvgIpc) is 2.89. The van der Waals surface area contributed by atoms with Crippen molar-refractivity contribution >= 4 is 17.8 Å². The number of amides is 2. The van der Waals surface area contributed by atoms with E-state index in [1.807, 2.05) is 67.6 Å². The summed E-state index contributed by atoms with van der Waals surface area (Å²) in [6, 6.07) is 24.2. The smallest absolute Gasteiger partial charge is 0.405 e. The molecule has 0 spiro atoms. The molecule has 2 amide bonds. The molecule has 2 aromatic carbocycles. The molecule has 4 rings (SSSR count). The minimum atomic E-state index is -1.31. The van der Waals surface area contributed by atoms with Gasteiger partial charge < -0.3 is 20.3 Å². The summed E-state index contributed by atoms with van der Waals surface area (Å²) < 4.78 is 1.56. The van der Waals surface area contributed by atoms with Crippen LogP contribution in [-0.4, -0.2) is 32.7 Å². The van der Waals surface area contributed by atoms with Crippen molar-refractivity contribution in [3.63, 3.8) is 0 Å². The fourth-order valence-corrected chi connectivity index (χ4v) is 4.20. The van der Waals surface area contributed by atoms with Crippen LogP contribution in [0.15, 0.2) is 95.9 Å². The minimum absolute atomic E-state index is 0.101. The van der Waals surface area contributed by atoms with E-state index in [0.717, 1.165) is 27.9 Å². The number of anilines is 1. The second-order valence-corrected chi connectivity index (χ2v) is 8.38. The molecule has 0 bridgehead atoms. The highest BCUT2D eigenvalue weighted by molar-refractivity contribution is 5.97. The molecule has 0 aliphatic heterocycles. The van der Waals surface area contributed by atoms with Gasteiger partial charge in [-0.15, -0.1) is 0 Å². The normalized spacial score (nSPS) is 11.6. The highest BCUT2D eigenvalue weighted by Gasteiger charge is 2.32. The number of carbonyl (C=O) groups excluding carboxylic acids is 1. The third-order valence-corrected chi connectivity index (χ3v) is 6.15. The molecule has 4 aromatic rings. The summed E-state index contributed by atoms with van der Waals surface area (Å²) in [6.07, 6.45) is 0.300. The van der Waals surface area contributed by atoms with Gasteiger partial charge in [0.1, 0.15) is 11.9 Å². The maximum atomic E-state index is 13.4. The van der Waals surface area contributed by atoms with Crippen molar-refractivity contribution < 1.29 is 14.7 Å². The van der Waals surface area contributed by atoms with Crippen molar-refractivity contribution in [2.75, 3.05) is 5.32 Å². The van der Waals surface area contributed by atoms with E-state index in [9.17, 15) is 19.5 Å². The van der Waals surface area contributed by atoms with Gasteiger partial charge in [0.25, 0.3) is 0 Å². The Kier molecular flexibility index (Phi) is 7.25. The van der Waals surface area contributed by atoms with E-state index in [1.165, 1.54) is 6.07 Å². The monoisotopic (exact) mass is 482 g/mol. The topological polar surface area (TPSA) is 113 Å². The summed E-state index contributed by atoms with van der Waals surface area (Å²) in [5.41, 5.74) is 3.92. The van der Waals surface area contributed by atoms with Gasteiger partial charge in [0.15, 0.2) is 0 Å². The maximum Gasteiger partial charge on any atom is 0.405 e. The molecule has 182 valence electrons. The summed E-state index contributed by atoms with van der Waals surface area (Å²) in [7, 11) is 1.70. The van der Waals surface area contributed by atoms with E-state index in [1.54, 1.807) is 36.0 Å². The highest BCUT2D eigenvalue weighted by Crippen LogP contribution is 2.29. The van der Waals surface area contributed by atoms with Gasteiger partial charge in [-0.3, -0.25) is 9.59 Å². The molecular formula is C28H26N4O4. The lowest BCUT2D eigenvalue weighted by atomic mass is 9.84. The van der Waals surface area contributed by atoms with Gasteiger partial charge >= 0.3 is 6.09 Å². The Labute approximate surface area is 208 Å². The summed E-state index contributed by atoms with van der Waals surface area (Å²) >= 11 is 0. The number of aromatic nitrogens is 2. The Morgan fingerprint density at radius 3 is 2.03 bits per heavy atom. The molecule has 0 aliphatic rings. The lowest BCUT2D eigenvalue weighted by Crippen LogP contribution is -2.47. The third kappa shape index (κ3) is 5.33. The second-order valence-electron chi connectivity index (χ2n) is 8.38. The van der Waals surface area contributed by atoms with Gasteiger partial charge in [-0.1, -0.05) is 60.7 Å². The quantitative estimate of drug-likeness (QED) is 0.366. The summed E-state index contributed by atoms with van der Waals surface area (Å²) in [6.45, 7) is 1.85. The Bertz CT molecular complexity index is 1380. The molecule has 8 nitrogen and oxygen atoms in total. The number of hydrogen-bond acceptors (Lipinski definition) is 4. The van der Waals surface area contributed by atoms with Gasteiger partial charge in [0.2, 0.25) is 11.5 Å². The van der Waals surface area contributed by atoms with Crippen LogP contribution in [0.5, 0.6) is 0 Å². The molecule has 2 heterocycles. The first-order valence-electron chi connectivity index (χ1n) is 11.4. The lowest BCUT2D eigenvalue weighted by molar-refractivity contribution is -0.118. The van der Waals surface area contributed by atoms with E-state index >= 15 is 0 Å². The largest absolute Gasteiger partial charge is 0.465 e. The Morgan fingerprint density at radius 1 is 0.889 bits per heavy atom. The van der Waals surface area contributed by atoms with Crippen molar-refractivity contribution in [2.24, 2.45) is 7.05 Å². The molecule has 1 atom stereocenters. The van der Waals surface area contributed by atoms with Crippen LogP contribution in [0.25, 0.3) is 11.1 Å². The number of nitrogens with one attached hydrogen (secondary N) is 2. The fourth-order valence-electron chi connectivity index (χ4n) is 4.20. The first kappa shape index (κ1) is 24.4. The average molecular weight is 483 g/mol. The third-order valence-electron chi connectivity index (χ3n) is 6.15. The van der Waals surface area contributed by atoms with Gasteiger partial charge in [0, 0.05) is 42.0 Å². The zero-order valence-corrected chi connectivity index (χ0v) is 19.9. The minimum Gasteiger partial charge on any atom is -0.465 e. The number of pyridine rings is 2. The Morgan fingerprint density at radius 2 is 1.50 bits per heavy atom. The predicted octanol–water partition coefficient (Wildman–Crippen LogP) is 4.16. The zero-order valence-electron chi connectivity index (χ0n) is 19.9. The first-order valence-corrected chi connectivity index (χ1v) is 11.4. The second kappa shape index (κ2) is 10.7. The molecule has 0 unspecified atom stereocenters. The van der Waals surface area contributed by atoms with Crippen LogP contribution < -0.4 is 16.2 Å². The number of nitrogens with zero attached hydrogens (tertiary/aromatic N) is 2. The number of carbonyl (C=O) groups is 2. The van der Waals surface area contributed by atoms with Crippen LogP contribution >= 0.6 is 0 Å². The molecule has 0 radical (unpaired) electrons. The molecule has 0 aliphatic carbocycles. The molecule has 8 heteroatoms. The molecule has 2 aromatic heterocycles. The van der Waals surface area contributed by atoms with E-state index < -0.39 is 24.0 Å². The van der Waals surface area contributed by atoms with Crippen molar-refractivity contribution in [3.8, 4) is 11.1 Å².